The first kappa shape index (κ1) is 22.4. The summed E-state index contributed by atoms with van der Waals surface area (Å²) in [5.74, 6) is 1.94. The van der Waals surface area contributed by atoms with E-state index in [0.717, 1.165) is 64.8 Å². The van der Waals surface area contributed by atoms with Gasteiger partial charge in [0.2, 0.25) is 5.91 Å². The fraction of sp³-hybridized carbons (Fsp3) is 0.320. The average molecular weight is 448 g/mol. The van der Waals surface area contributed by atoms with Gasteiger partial charge in [-0.3, -0.25) is 4.79 Å². The van der Waals surface area contributed by atoms with Gasteiger partial charge in [-0.05, 0) is 37.1 Å². The Hall–Kier alpha value is -3.81. The quantitative estimate of drug-likeness (QED) is 0.355. The summed E-state index contributed by atoms with van der Waals surface area (Å²) < 4.78 is 12.7. The molecule has 3 N–H and O–H groups in total. The molecule has 0 unspecified atom stereocenters. The van der Waals surface area contributed by atoms with E-state index < -0.39 is 0 Å². The summed E-state index contributed by atoms with van der Waals surface area (Å²) in [7, 11) is 3.23. The van der Waals surface area contributed by atoms with Crippen LogP contribution in [0.5, 0.6) is 11.5 Å². The minimum Gasteiger partial charge on any atom is -0.497 e. The molecule has 172 valence electrons. The van der Waals surface area contributed by atoms with Gasteiger partial charge in [-0.2, -0.15) is 0 Å². The van der Waals surface area contributed by atoms with Gasteiger partial charge in [0, 0.05) is 30.5 Å². The van der Waals surface area contributed by atoms with Crippen molar-refractivity contribution in [3.63, 3.8) is 0 Å². The summed E-state index contributed by atoms with van der Waals surface area (Å²) >= 11 is 0. The van der Waals surface area contributed by atoms with Gasteiger partial charge in [0.25, 0.3) is 0 Å². The van der Waals surface area contributed by atoms with E-state index in [1.54, 1.807) is 14.2 Å². The maximum Gasteiger partial charge on any atom is 0.220 e. The molecule has 33 heavy (non-hydrogen) atoms. The minimum atomic E-state index is 0.0257. The Kier molecular flexibility index (Phi) is 6.92. The van der Waals surface area contributed by atoms with Gasteiger partial charge >= 0.3 is 0 Å². The van der Waals surface area contributed by atoms with Crippen LogP contribution >= 0.6 is 0 Å². The molecule has 0 aliphatic heterocycles. The Balaban J connectivity index is 1.27. The number of fused-ring (bicyclic) bond motifs is 3. The molecule has 0 radical (unpaired) electrons. The first-order valence-corrected chi connectivity index (χ1v) is 11.1. The standard InChI is InChI=1S/C25H29N5O3/c1-32-18-11-12-21(33-2)17(14-18)15-27-22(31)10-4-3-7-13-30-16-28-23-24(30)19-8-5-6-9-20(19)29-25(23)26/h5-6,8-9,11-12,14,16H,3-4,7,10,13,15H2,1-2H3,(H2,26,29)(H,27,31). The van der Waals surface area contributed by atoms with Crippen LogP contribution in [0.4, 0.5) is 5.82 Å². The Morgan fingerprint density at radius 1 is 1.09 bits per heavy atom. The number of anilines is 1. The molecule has 8 heteroatoms. The maximum absolute atomic E-state index is 12.3. The van der Waals surface area contributed by atoms with Crippen molar-refractivity contribution in [3.05, 3.63) is 54.4 Å². The number of amides is 1. The van der Waals surface area contributed by atoms with Crippen molar-refractivity contribution in [1.29, 1.82) is 0 Å². The van der Waals surface area contributed by atoms with E-state index in [4.69, 9.17) is 15.2 Å². The topological polar surface area (TPSA) is 104 Å². The highest BCUT2D eigenvalue weighted by atomic mass is 16.5. The maximum atomic E-state index is 12.3. The fourth-order valence-electron chi connectivity index (χ4n) is 4.02. The fourth-order valence-corrected chi connectivity index (χ4v) is 4.02. The molecule has 2 heterocycles. The van der Waals surface area contributed by atoms with Crippen molar-refractivity contribution in [2.45, 2.75) is 38.8 Å². The Bertz CT molecular complexity index is 1270. The lowest BCUT2D eigenvalue weighted by Gasteiger charge is -2.11. The molecule has 0 spiro atoms. The summed E-state index contributed by atoms with van der Waals surface area (Å²) in [6.45, 7) is 1.22. The predicted molar refractivity (Wildman–Crippen MR) is 129 cm³/mol. The number of nitrogens with two attached hydrogens (primary N) is 1. The van der Waals surface area contributed by atoms with Crippen LogP contribution in [0.2, 0.25) is 0 Å². The van der Waals surface area contributed by atoms with Gasteiger partial charge in [-0.15, -0.1) is 0 Å². The van der Waals surface area contributed by atoms with E-state index in [9.17, 15) is 4.79 Å². The van der Waals surface area contributed by atoms with Gasteiger partial charge in [-0.1, -0.05) is 24.6 Å². The Morgan fingerprint density at radius 2 is 1.94 bits per heavy atom. The molecule has 0 atom stereocenters. The number of pyridine rings is 1. The van der Waals surface area contributed by atoms with Crippen LogP contribution in [0.1, 0.15) is 31.2 Å². The van der Waals surface area contributed by atoms with Gasteiger partial charge in [-0.25, -0.2) is 9.97 Å². The van der Waals surface area contributed by atoms with Crippen LogP contribution in [0.15, 0.2) is 48.8 Å². The number of rotatable bonds is 10. The van der Waals surface area contributed by atoms with Gasteiger partial charge in [0.15, 0.2) is 5.82 Å². The van der Waals surface area contributed by atoms with Crippen molar-refractivity contribution >= 4 is 33.7 Å². The van der Waals surface area contributed by atoms with Gasteiger partial charge in [0.1, 0.15) is 17.0 Å². The highest BCUT2D eigenvalue weighted by molar-refractivity contribution is 6.06. The molecule has 0 bridgehead atoms. The molecule has 0 saturated carbocycles. The number of imidazole rings is 1. The number of methoxy groups -OCH3 is 2. The molecule has 2 aromatic carbocycles. The number of carbonyl (C=O) groups is 1. The first-order chi connectivity index (χ1) is 16.1. The number of carbonyl (C=O) groups excluding carboxylic acids is 1. The van der Waals surface area contributed by atoms with Crippen LogP contribution < -0.4 is 20.5 Å². The first-order valence-electron chi connectivity index (χ1n) is 11.1. The highest BCUT2D eigenvalue weighted by Gasteiger charge is 2.12. The van der Waals surface area contributed by atoms with Crippen LogP contribution in [0.3, 0.4) is 0 Å². The summed E-state index contributed by atoms with van der Waals surface area (Å²) in [6.07, 6.45) is 5.01. The number of hydrogen-bond donors (Lipinski definition) is 2. The van der Waals surface area contributed by atoms with E-state index in [0.29, 0.717) is 18.8 Å². The molecular formula is C25H29N5O3. The predicted octanol–water partition coefficient (Wildman–Crippen LogP) is 4.06. The molecule has 0 aliphatic carbocycles. The number of para-hydroxylation sites is 1. The third-order valence-corrected chi connectivity index (χ3v) is 5.75. The number of aryl methyl sites for hydroxylation is 1. The molecule has 4 aromatic rings. The van der Waals surface area contributed by atoms with E-state index in [2.05, 4.69) is 19.9 Å². The molecule has 4 rings (SSSR count). The van der Waals surface area contributed by atoms with Crippen molar-refractivity contribution < 1.29 is 14.3 Å². The molecule has 0 aliphatic rings. The zero-order chi connectivity index (χ0) is 23.2. The molecule has 1 amide bonds. The van der Waals surface area contributed by atoms with Crippen molar-refractivity contribution in [2.24, 2.45) is 0 Å². The molecule has 2 aromatic heterocycles. The molecule has 0 saturated heterocycles. The minimum absolute atomic E-state index is 0.0257. The van der Waals surface area contributed by atoms with Crippen molar-refractivity contribution in [2.75, 3.05) is 20.0 Å². The number of ether oxygens (including phenoxy) is 2. The second-order valence-electron chi connectivity index (χ2n) is 7.91. The summed E-state index contributed by atoms with van der Waals surface area (Å²) in [5, 5.41) is 4.02. The number of aromatic nitrogens is 3. The zero-order valence-electron chi connectivity index (χ0n) is 19.0. The van der Waals surface area contributed by atoms with Crippen molar-refractivity contribution in [3.8, 4) is 11.5 Å². The SMILES string of the molecule is COc1ccc(OC)c(CNC(=O)CCCCCn2cnc3c(N)nc4ccccc4c32)c1. The van der Waals surface area contributed by atoms with Crippen molar-refractivity contribution in [1.82, 2.24) is 19.9 Å². The Morgan fingerprint density at radius 3 is 2.76 bits per heavy atom. The zero-order valence-corrected chi connectivity index (χ0v) is 19.0. The van der Waals surface area contributed by atoms with E-state index in [1.807, 2.05) is 48.8 Å². The van der Waals surface area contributed by atoms with E-state index in [-0.39, 0.29) is 5.91 Å². The van der Waals surface area contributed by atoms with Crippen LogP contribution in [0.25, 0.3) is 21.9 Å². The molecule has 0 fully saturated rings. The number of unbranched alkanes of at least 4 members (excludes halogenated alkanes) is 2. The highest BCUT2D eigenvalue weighted by Crippen LogP contribution is 2.27. The summed E-state index contributed by atoms with van der Waals surface area (Å²) in [6, 6.07) is 13.5. The number of hydrogen-bond acceptors (Lipinski definition) is 6. The third kappa shape index (κ3) is 5.00. The largest absolute Gasteiger partial charge is 0.497 e. The number of nitrogens with one attached hydrogen (secondary N) is 1. The second-order valence-corrected chi connectivity index (χ2v) is 7.91. The number of benzene rings is 2. The van der Waals surface area contributed by atoms with E-state index >= 15 is 0 Å². The lowest BCUT2D eigenvalue weighted by molar-refractivity contribution is -0.121. The summed E-state index contributed by atoms with van der Waals surface area (Å²) in [5.41, 5.74) is 9.61. The number of nitrogens with zero attached hydrogens (tertiary/aromatic N) is 3. The molecule has 8 nitrogen and oxygen atoms in total. The molecular weight excluding hydrogens is 418 g/mol. The normalized spacial score (nSPS) is 11.1. The monoisotopic (exact) mass is 447 g/mol. The lowest BCUT2D eigenvalue weighted by Crippen LogP contribution is -2.22. The van der Waals surface area contributed by atoms with E-state index in [1.165, 1.54) is 0 Å². The average Bonchev–Trinajstić information content (AvgIpc) is 3.27. The van der Waals surface area contributed by atoms with Gasteiger partial charge < -0.3 is 25.1 Å². The van der Waals surface area contributed by atoms with Crippen LogP contribution in [-0.2, 0) is 17.9 Å². The van der Waals surface area contributed by atoms with Crippen LogP contribution in [0, 0.1) is 0 Å². The van der Waals surface area contributed by atoms with Gasteiger partial charge in [0.05, 0.1) is 31.6 Å². The summed E-state index contributed by atoms with van der Waals surface area (Å²) in [4.78, 5) is 21.2. The van der Waals surface area contributed by atoms with Crippen LogP contribution in [-0.4, -0.2) is 34.7 Å². The number of nitrogen functional groups attached to an aromatic ring is 1. The second kappa shape index (κ2) is 10.2. The smallest absolute Gasteiger partial charge is 0.220 e. The third-order valence-electron chi connectivity index (χ3n) is 5.75. The Labute approximate surface area is 192 Å². The lowest BCUT2D eigenvalue weighted by atomic mass is 10.1.